The molecule has 7 heteroatoms. The van der Waals surface area contributed by atoms with E-state index in [4.69, 9.17) is 19.2 Å². The van der Waals surface area contributed by atoms with Gasteiger partial charge in [0.25, 0.3) is 0 Å². The van der Waals surface area contributed by atoms with Gasteiger partial charge in [0.15, 0.2) is 0 Å². The second kappa shape index (κ2) is 6.53. The molecule has 0 amide bonds. The Hall–Kier alpha value is 2.41. The maximum Gasteiger partial charge on any atom is 0.668 e. The zero-order chi connectivity index (χ0) is 4.50. The molecule has 4 nitrogen and oxygen atoms in total. The van der Waals surface area contributed by atoms with Gasteiger partial charge in [-0.05, 0) is 0 Å². The molecule has 0 aromatic heterocycles. The van der Waals surface area contributed by atoms with Crippen molar-refractivity contribution in [3.05, 3.63) is 0 Å². The maximum atomic E-state index is 7.33. The van der Waals surface area contributed by atoms with Crippen LogP contribution in [0.3, 0.4) is 0 Å². The summed E-state index contributed by atoms with van der Waals surface area (Å²) >= 11 is 0. The SMILES string of the molecule is O[Si](O)(O)O.[Er].[Y]. The van der Waals surface area contributed by atoms with Crippen LogP contribution in [0.2, 0.25) is 0 Å². The molecule has 0 aromatic carbocycles. The molecule has 0 fully saturated rings. The molecule has 0 aliphatic carbocycles. The summed E-state index contributed by atoms with van der Waals surface area (Å²) < 4.78 is 0. The Balaban J connectivity index is -0.0000000800. The van der Waals surface area contributed by atoms with E-state index in [1.54, 1.807) is 0 Å². The molecule has 0 atom stereocenters. The van der Waals surface area contributed by atoms with Gasteiger partial charge >= 0.3 is 9.05 Å². The van der Waals surface area contributed by atoms with Crippen LogP contribution in [0.5, 0.6) is 0 Å². The van der Waals surface area contributed by atoms with Crippen molar-refractivity contribution in [2.45, 2.75) is 0 Å². The Kier molecular flexibility index (Phi) is 15.1. The first-order valence-electron chi connectivity index (χ1n) is 0.894. The molecular formula is H4ErO4SiY. The summed E-state index contributed by atoms with van der Waals surface area (Å²) in [6.45, 7) is 0. The van der Waals surface area contributed by atoms with E-state index < -0.39 is 9.05 Å². The van der Waals surface area contributed by atoms with E-state index in [9.17, 15) is 0 Å². The molecular weight excluding hydrogens is 348 g/mol. The summed E-state index contributed by atoms with van der Waals surface area (Å²) in [5, 5.41) is 0. The van der Waals surface area contributed by atoms with Gasteiger partial charge in [-0.2, -0.15) is 0 Å². The molecule has 0 saturated heterocycles. The molecule has 0 heterocycles. The quantitative estimate of drug-likeness (QED) is 0.360. The molecule has 0 unspecified atom stereocenters. The third kappa shape index (κ3) is 59.6. The largest absolute Gasteiger partial charge is 0.668 e. The maximum absolute atomic E-state index is 7.33. The van der Waals surface area contributed by atoms with E-state index in [0.29, 0.717) is 0 Å². The first-order valence-corrected chi connectivity index (χ1v) is 2.68. The van der Waals surface area contributed by atoms with Crippen LogP contribution in [-0.4, -0.2) is 28.2 Å². The molecule has 1 radical (unpaired) electrons. The van der Waals surface area contributed by atoms with Gasteiger partial charge in [-0.15, -0.1) is 0 Å². The predicted molar refractivity (Wildman–Crippen MR) is 14.6 cm³/mol. The van der Waals surface area contributed by atoms with Gasteiger partial charge < -0.3 is 19.2 Å². The molecule has 0 aliphatic rings. The molecule has 0 saturated carbocycles. The minimum Gasteiger partial charge on any atom is -0.368 e. The number of rotatable bonds is 0. The van der Waals surface area contributed by atoms with Gasteiger partial charge in [0, 0.05) is 70.0 Å². The van der Waals surface area contributed by atoms with Crippen LogP contribution in [0, 0.1) is 37.3 Å². The van der Waals surface area contributed by atoms with Crippen LogP contribution in [-0.2, 0) is 32.7 Å². The van der Waals surface area contributed by atoms with Crippen LogP contribution in [0.15, 0.2) is 0 Å². The molecule has 0 aliphatic heterocycles. The fourth-order valence-corrected chi connectivity index (χ4v) is 0. The Bertz CT molecular complexity index is 27.2. The summed E-state index contributed by atoms with van der Waals surface area (Å²) in [7, 11) is -4.61. The van der Waals surface area contributed by atoms with E-state index in [1.807, 2.05) is 0 Å². The summed E-state index contributed by atoms with van der Waals surface area (Å²) in [6.07, 6.45) is 0. The fraction of sp³-hybridized carbons (Fsp3) is 0. The molecule has 47 valence electrons. The Morgan fingerprint density at radius 2 is 0.857 bits per heavy atom. The minimum atomic E-state index is -4.61. The molecule has 4 N–H and O–H groups in total. The summed E-state index contributed by atoms with van der Waals surface area (Å²) in [6, 6.07) is 0. The van der Waals surface area contributed by atoms with Crippen LogP contribution in [0.4, 0.5) is 0 Å². The smallest absolute Gasteiger partial charge is 0.368 e. The third-order valence-corrected chi connectivity index (χ3v) is 0. The van der Waals surface area contributed by atoms with Crippen molar-refractivity contribution >= 4 is 9.05 Å². The summed E-state index contributed by atoms with van der Waals surface area (Å²) in [5.74, 6) is 0. The standard InChI is InChI=1S/Er.H4O4Si.Y/c;1-5(2,3)4;/h;1-4H;. The third-order valence-electron chi connectivity index (χ3n) is 0. The van der Waals surface area contributed by atoms with Crippen molar-refractivity contribution in [3.8, 4) is 0 Å². The van der Waals surface area contributed by atoms with Crippen molar-refractivity contribution in [3.63, 3.8) is 0 Å². The van der Waals surface area contributed by atoms with Gasteiger partial charge in [-0.3, -0.25) is 0 Å². The average Bonchev–Trinajstić information content (AvgIpc) is 0.722. The van der Waals surface area contributed by atoms with Gasteiger partial charge in [-0.1, -0.05) is 0 Å². The van der Waals surface area contributed by atoms with E-state index in [1.165, 1.54) is 0 Å². The Morgan fingerprint density at radius 3 is 0.857 bits per heavy atom. The van der Waals surface area contributed by atoms with E-state index >= 15 is 0 Å². The van der Waals surface area contributed by atoms with E-state index in [0.717, 1.165) is 0 Å². The number of hydrogen-bond donors (Lipinski definition) is 4. The zero-order valence-corrected chi connectivity index (χ0v) is 8.85. The minimum absolute atomic E-state index is 0. The van der Waals surface area contributed by atoms with Crippen LogP contribution in [0.25, 0.3) is 0 Å². The molecule has 7 heavy (non-hydrogen) atoms. The first-order chi connectivity index (χ1) is 2.00. The average molecular weight is 352 g/mol. The molecule has 0 rings (SSSR count). The predicted octanol–water partition coefficient (Wildman–Crippen LogP) is -2.61. The monoisotopic (exact) mass is 351 g/mol. The second-order valence-electron chi connectivity index (χ2n) is 0.600. The zero-order valence-electron chi connectivity index (χ0n) is 3.15. The normalized spacial score (nSPS) is 8.57. The topological polar surface area (TPSA) is 80.9 Å². The number of hydrogen-bond acceptors (Lipinski definition) is 4. The van der Waals surface area contributed by atoms with Crippen molar-refractivity contribution in [2.75, 3.05) is 0 Å². The summed E-state index contributed by atoms with van der Waals surface area (Å²) in [4.78, 5) is 29.3. The van der Waals surface area contributed by atoms with Crippen molar-refractivity contribution in [1.29, 1.82) is 0 Å². The van der Waals surface area contributed by atoms with Crippen LogP contribution < -0.4 is 0 Å². The van der Waals surface area contributed by atoms with Gasteiger partial charge in [0.05, 0.1) is 0 Å². The van der Waals surface area contributed by atoms with E-state index in [2.05, 4.69) is 0 Å². The van der Waals surface area contributed by atoms with Gasteiger partial charge in [-0.25, -0.2) is 0 Å². The van der Waals surface area contributed by atoms with Gasteiger partial charge in [0.2, 0.25) is 0 Å². The van der Waals surface area contributed by atoms with Crippen molar-refractivity contribution < 1.29 is 89.2 Å². The molecule has 0 bridgehead atoms. The summed E-state index contributed by atoms with van der Waals surface area (Å²) in [5.41, 5.74) is 0. The van der Waals surface area contributed by atoms with Crippen LogP contribution in [0.1, 0.15) is 0 Å². The second-order valence-corrected chi connectivity index (χ2v) is 1.80. The fourth-order valence-electron chi connectivity index (χ4n) is 0. The van der Waals surface area contributed by atoms with Crippen molar-refractivity contribution in [1.82, 2.24) is 0 Å². The molecule has 0 aromatic rings. The van der Waals surface area contributed by atoms with Gasteiger partial charge in [0.1, 0.15) is 0 Å². The molecule has 0 spiro atoms. The van der Waals surface area contributed by atoms with E-state index in [-0.39, 0.29) is 70.0 Å². The Labute approximate surface area is 96.5 Å². The Morgan fingerprint density at radius 1 is 0.857 bits per heavy atom. The first kappa shape index (κ1) is 16.2. The van der Waals surface area contributed by atoms with Crippen molar-refractivity contribution in [2.24, 2.45) is 0 Å². The van der Waals surface area contributed by atoms with Crippen LogP contribution >= 0.6 is 0 Å².